The van der Waals surface area contributed by atoms with Crippen LogP contribution in [-0.4, -0.2) is 41.3 Å². The summed E-state index contributed by atoms with van der Waals surface area (Å²) in [7, 11) is 0. The number of nitrogens with zero attached hydrogens (tertiary/aromatic N) is 4. The lowest BCUT2D eigenvalue weighted by atomic mass is 9.99. The summed E-state index contributed by atoms with van der Waals surface area (Å²) in [4.78, 5) is 14.5. The van der Waals surface area contributed by atoms with E-state index in [2.05, 4.69) is 40.3 Å². The molecule has 0 bridgehead atoms. The van der Waals surface area contributed by atoms with Crippen molar-refractivity contribution in [2.24, 2.45) is 11.8 Å². The maximum atomic E-state index is 5.99. The van der Waals surface area contributed by atoms with E-state index in [1.54, 1.807) is 0 Å². The van der Waals surface area contributed by atoms with Gasteiger partial charge in [0.05, 0.1) is 6.54 Å². The minimum Gasteiger partial charge on any atom is -0.459 e. The molecule has 4 heterocycles. The van der Waals surface area contributed by atoms with Crippen molar-refractivity contribution in [1.82, 2.24) is 15.3 Å². The van der Waals surface area contributed by atoms with E-state index >= 15 is 0 Å². The van der Waals surface area contributed by atoms with Crippen molar-refractivity contribution in [3.8, 4) is 11.3 Å². The van der Waals surface area contributed by atoms with Gasteiger partial charge in [0.1, 0.15) is 23.2 Å². The number of aromatic nitrogens is 2. The molecule has 2 fully saturated rings. The van der Waals surface area contributed by atoms with E-state index in [9.17, 15) is 0 Å². The van der Waals surface area contributed by atoms with Crippen LogP contribution in [0.15, 0.2) is 52.9 Å². The van der Waals surface area contributed by atoms with Crippen molar-refractivity contribution < 1.29 is 4.42 Å². The monoisotopic (exact) mass is 504 g/mol. The van der Waals surface area contributed by atoms with Gasteiger partial charge in [0.15, 0.2) is 5.11 Å². The highest BCUT2D eigenvalue weighted by atomic mass is 32.1. The Morgan fingerprint density at radius 2 is 1.47 bits per heavy atom. The van der Waals surface area contributed by atoms with Gasteiger partial charge in [-0.05, 0) is 61.9 Å². The van der Waals surface area contributed by atoms with Crippen molar-refractivity contribution >= 4 is 34.9 Å². The Labute approximate surface area is 219 Å². The molecule has 2 aliphatic heterocycles. The van der Waals surface area contributed by atoms with Crippen molar-refractivity contribution in [3.63, 3.8) is 0 Å². The average Bonchev–Trinajstić information content (AvgIpc) is 3.38. The number of hydrogen-bond donors (Lipinski definition) is 2. The Bertz CT molecular complexity index is 1110. The Morgan fingerprint density at radius 1 is 0.889 bits per heavy atom. The molecule has 2 aliphatic rings. The van der Waals surface area contributed by atoms with Crippen molar-refractivity contribution in [2.75, 3.05) is 41.3 Å². The Morgan fingerprint density at radius 3 is 2.06 bits per heavy atom. The molecule has 0 spiro atoms. The van der Waals surface area contributed by atoms with Gasteiger partial charge in [0.25, 0.3) is 0 Å². The van der Waals surface area contributed by atoms with Crippen molar-refractivity contribution in [1.29, 1.82) is 0 Å². The first kappa shape index (κ1) is 24.6. The summed E-state index contributed by atoms with van der Waals surface area (Å²) in [5.74, 6) is 5.70. The second-order valence-electron chi connectivity index (χ2n) is 10.2. The smallest absolute Gasteiger partial charge is 0.232 e. The Balaban J connectivity index is 1.26. The van der Waals surface area contributed by atoms with Gasteiger partial charge in [-0.25, -0.2) is 0 Å². The lowest BCUT2D eigenvalue weighted by Crippen LogP contribution is -2.36. The highest BCUT2D eigenvalue weighted by Gasteiger charge is 2.22. The maximum absolute atomic E-state index is 5.99. The second kappa shape index (κ2) is 11.3. The van der Waals surface area contributed by atoms with Crippen LogP contribution in [0.4, 0.5) is 17.6 Å². The lowest BCUT2D eigenvalue weighted by Gasteiger charge is -2.34. The van der Waals surface area contributed by atoms with Crippen LogP contribution in [-0.2, 0) is 6.54 Å². The van der Waals surface area contributed by atoms with Gasteiger partial charge in [0.2, 0.25) is 5.95 Å². The molecule has 2 N–H and O–H groups in total. The largest absolute Gasteiger partial charge is 0.459 e. The number of furan rings is 1. The highest BCUT2D eigenvalue weighted by molar-refractivity contribution is 7.80. The third-order valence-electron chi connectivity index (χ3n) is 7.28. The summed E-state index contributed by atoms with van der Waals surface area (Å²) in [6, 6.07) is 16.2. The first-order valence-electron chi connectivity index (χ1n) is 13.1. The third-order valence-corrected chi connectivity index (χ3v) is 7.53. The molecular formula is C28H36N6OS. The number of piperidine rings is 2. The van der Waals surface area contributed by atoms with Gasteiger partial charge in [-0.15, -0.1) is 0 Å². The number of anilines is 3. The van der Waals surface area contributed by atoms with Crippen LogP contribution in [0.25, 0.3) is 11.3 Å². The fourth-order valence-corrected chi connectivity index (χ4v) is 4.98. The van der Waals surface area contributed by atoms with E-state index in [0.29, 0.717) is 17.6 Å². The Hall–Kier alpha value is -3.13. The van der Waals surface area contributed by atoms with E-state index in [0.717, 1.165) is 66.7 Å². The number of hydrogen-bond acceptors (Lipinski definition) is 6. The van der Waals surface area contributed by atoms with Crippen LogP contribution < -0.4 is 20.4 Å². The first-order valence-corrected chi connectivity index (χ1v) is 13.5. The molecule has 0 unspecified atom stereocenters. The van der Waals surface area contributed by atoms with E-state index in [1.165, 1.54) is 25.7 Å². The SMILES string of the molecule is CC1CCN(c2cc(N3CCC(C)CC3)nc(NC(=S)NCc3ccc(-c4ccccc4)o3)n2)CC1. The van der Waals surface area contributed by atoms with E-state index in [1.807, 2.05) is 42.5 Å². The molecule has 5 rings (SSSR count). The van der Waals surface area contributed by atoms with Gasteiger partial charge in [-0.1, -0.05) is 44.2 Å². The molecule has 3 aromatic rings. The zero-order valence-corrected chi connectivity index (χ0v) is 22.1. The molecule has 2 aromatic heterocycles. The maximum Gasteiger partial charge on any atom is 0.232 e. The number of thiocarbonyl (C=S) groups is 1. The van der Waals surface area contributed by atoms with Crippen LogP contribution in [0.3, 0.4) is 0 Å². The number of nitrogens with one attached hydrogen (secondary N) is 2. The molecular weight excluding hydrogens is 468 g/mol. The van der Waals surface area contributed by atoms with Gasteiger partial charge >= 0.3 is 0 Å². The van der Waals surface area contributed by atoms with E-state index in [4.69, 9.17) is 26.6 Å². The zero-order valence-electron chi connectivity index (χ0n) is 21.2. The topological polar surface area (TPSA) is 69.5 Å². The molecule has 0 aliphatic carbocycles. The van der Waals surface area contributed by atoms with Crippen molar-refractivity contribution in [2.45, 2.75) is 46.1 Å². The normalized spacial score (nSPS) is 17.3. The van der Waals surface area contributed by atoms with Crippen LogP contribution >= 0.6 is 12.2 Å². The first-order chi connectivity index (χ1) is 17.5. The minimum atomic E-state index is 0.482. The lowest BCUT2D eigenvalue weighted by molar-refractivity contribution is 0.433. The van der Waals surface area contributed by atoms with Crippen LogP contribution in [0, 0.1) is 11.8 Å². The molecule has 0 saturated carbocycles. The highest BCUT2D eigenvalue weighted by Crippen LogP contribution is 2.28. The second-order valence-corrected chi connectivity index (χ2v) is 10.6. The summed E-state index contributed by atoms with van der Waals surface area (Å²) >= 11 is 5.59. The molecule has 0 atom stereocenters. The minimum absolute atomic E-state index is 0.482. The molecule has 7 nitrogen and oxygen atoms in total. The fourth-order valence-electron chi connectivity index (χ4n) is 4.82. The molecule has 36 heavy (non-hydrogen) atoms. The van der Waals surface area contributed by atoms with E-state index < -0.39 is 0 Å². The average molecular weight is 505 g/mol. The summed E-state index contributed by atoms with van der Waals surface area (Å²) in [6.45, 7) is 9.25. The third kappa shape index (κ3) is 6.16. The molecule has 1 aromatic carbocycles. The summed E-state index contributed by atoms with van der Waals surface area (Å²) in [5.41, 5.74) is 1.06. The summed E-state index contributed by atoms with van der Waals surface area (Å²) in [5, 5.41) is 6.95. The van der Waals surface area contributed by atoms with Crippen LogP contribution in [0.5, 0.6) is 0 Å². The van der Waals surface area contributed by atoms with Gasteiger partial charge in [-0.3, -0.25) is 0 Å². The standard InChI is InChI=1S/C28H36N6OS/c1-20-10-14-33(15-11-20)25-18-26(34-16-12-21(2)13-17-34)31-27(30-25)32-28(36)29-19-23-8-9-24(35-23)22-6-4-3-5-7-22/h3-9,18,20-21H,10-17,19H2,1-2H3,(H2,29,30,31,32,36). The Kier molecular flexibility index (Phi) is 7.70. The molecule has 0 radical (unpaired) electrons. The quantitative estimate of drug-likeness (QED) is 0.415. The van der Waals surface area contributed by atoms with E-state index in [-0.39, 0.29) is 0 Å². The number of rotatable bonds is 6. The van der Waals surface area contributed by atoms with Crippen LogP contribution in [0.2, 0.25) is 0 Å². The predicted molar refractivity (Wildman–Crippen MR) is 150 cm³/mol. The molecule has 0 amide bonds. The van der Waals surface area contributed by atoms with Crippen molar-refractivity contribution in [3.05, 3.63) is 54.3 Å². The molecule has 2 saturated heterocycles. The van der Waals surface area contributed by atoms with Gasteiger partial charge in [0, 0.05) is 37.8 Å². The summed E-state index contributed by atoms with van der Waals surface area (Å²) < 4.78 is 5.99. The fraction of sp³-hybridized carbons (Fsp3) is 0.464. The van der Waals surface area contributed by atoms with Gasteiger partial charge < -0.3 is 24.9 Å². The zero-order chi connectivity index (χ0) is 24.9. The molecule has 8 heteroatoms. The summed E-state index contributed by atoms with van der Waals surface area (Å²) in [6.07, 6.45) is 4.77. The number of benzene rings is 1. The molecule has 190 valence electrons. The van der Waals surface area contributed by atoms with Crippen LogP contribution in [0.1, 0.15) is 45.3 Å². The van der Waals surface area contributed by atoms with Gasteiger partial charge in [-0.2, -0.15) is 9.97 Å². The predicted octanol–water partition coefficient (Wildman–Crippen LogP) is 5.70.